The molecule has 0 heterocycles. The van der Waals surface area contributed by atoms with E-state index in [4.69, 9.17) is 0 Å². The van der Waals surface area contributed by atoms with Gasteiger partial charge in [-0.1, -0.05) is 54.6 Å². The first-order valence-electron chi connectivity index (χ1n) is 11.3. The number of nitrogens with zero attached hydrogens (tertiary/aromatic N) is 2. The second kappa shape index (κ2) is 13.8. The van der Waals surface area contributed by atoms with Crippen LogP contribution in [0.3, 0.4) is 0 Å². The van der Waals surface area contributed by atoms with Gasteiger partial charge in [-0.15, -0.1) is 0 Å². The molecule has 0 aromatic heterocycles. The van der Waals surface area contributed by atoms with Crippen LogP contribution in [0.4, 0.5) is 4.79 Å². The lowest BCUT2D eigenvalue weighted by molar-refractivity contribution is -0.126. The first kappa shape index (κ1) is 26.6. The van der Waals surface area contributed by atoms with Gasteiger partial charge in [-0.2, -0.15) is 5.26 Å². The average Bonchev–Trinajstić information content (AvgIpc) is 2.83. The van der Waals surface area contributed by atoms with Gasteiger partial charge in [0.25, 0.3) is 5.91 Å². The molecule has 1 atom stereocenters. The predicted octanol–water partition coefficient (Wildman–Crippen LogP) is 2.52. The summed E-state index contributed by atoms with van der Waals surface area (Å²) in [7, 11) is -1.55. The molecule has 0 unspecified atom stereocenters. The Morgan fingerprint density at radius 1 is 1.12 bits per heavy atom. The molecule has 0 aliphatic heterocycles. The summed E-state index contributed by atoms with van der Waals surface area (Å²) < 4.78 is 0. The Balaban J connectivity index is 1.97. The van der Waals surface area contributed by atoms with E-state index in [2.05, 4.69) is 10.6 Å². The first-order valence-corrected chi connectivity index (χ1v) is 11.3. The SMILES string of the molecule is CCN(CC)C(=O)C(C#N)=Cc1cccc(CCNC(=O)N[C@@H](CB(O)O)c2ccccc2)c1. The molecule has 4 N–H and O–H groups in total. The Morgan fingerprint density at radius 3 is 2.44 bits per heavy atom. The number of likely N-dealkylation sites (N-methyl/N-ethyl adjacent to an activating group) is 1. The number of urea groups is 1. The summed E-state index contributed by atoms with van der Waals surface area (Å²) in [4.78, 5) is 26.4. The van der Waals surface area contributed by atoms with Crippen molar-refractivity contribution in [3.63, 3.8) is 0 Å². The third kappa shape index (κ3) is 8.39. The standard InChI is InChI=1S/C25H31BN4O4/c1-3-30(4-2)24(31)22(18-27)16-20-10-8-9-19(15-20)13-14-28-25(32)29-23(17-26(33)34)21-11-6-5-7-12-21/h5-12,15-16,23,33-34H,3-4,13-14,17H2,1-2H3,(H2,28,29,32)/t23-/m0/s1. The fourth-order valence-corrected chi connectivity index (χ4v) is 3.53. The van der Waals surface area contributed by atoms with Crippen LogP contribution in [-0.4, -0.2) is 53.6 Å². The highest BCUT2D eigenvalue weighted by Crippen LogP contribution is 2.18. The Bertz CT molecular complexity index is 1020. The summed E-state index contributed by atoms with van der Waals surface area (Å²) in [5.41, 5.74) is 2.53. The van der Waals surface area contributed by atoms with Crippen LogP contribution >= 0.6 is 0 Å². The molecular weight excluding hydrogens is 431 g/mol. The highest BCUT2D eigenvalue weighted by atomic mass is 16.4. The number of hydrogen-bond acceptors (Lipinski definition) is 5. The zero-order valence-electron chi connectivity index (χ0n) is 19.6. The van der Waals surface area contributed by atoms with Gasteiger partial charge in [0.1, 0.15) is 11.6 Å². The van der Waals surface area contributed by atoms with E-state index in [0.717, 1.165) is 16.7 Å². The van der Waals surface area contributed by atoms with Crippen molar-refractivity contribution in [1.29, 1.82) is 5.26 Å². The molecule has 34 heavy (non-hydrogen) atoms. The summed E-state index contributed by atoms with van der Waals surface area (Å²) in [6.07, 6.45) is 2.09. The molecular formula is C25H31BN4O4. The molecule has 2 aromatic carbocycles. The van der Waals surface area contributed by atoms with Crippen molar-refractivity contribution in [3.05, 3.63) is 76.9 Å². The normalized spacial score (nSPS) is 11.8. The maximum Gasteiger partial charge on any atom is 0.453 e. The number of amides is 3. The van der Waals surface area contributed by atoms with Gasteiger partial charge < -0.3 is 25.6 Å². The summed E-state index contributed by atoms with van der Waals surface area (Å²) in [5.74, 6) is -0.294. The van der Waals surface area contributed by atoms with Crippen molar-refractivity contribution in [1.82, 2.24) is 15.5 Å². The van der Waals surface area contributed by atoms with Crippen LogP contribution in [-0.2, 0) is 11.2 Å². The van der Waals surface area contributed by atoms with E-state index >= 15 is 0 Å². The Hall–Kier alpha value is -3.61. The molecule has 2 aromatic rings. The van der Waals surface area contributed by atoms with Gasteiger partial charge in [0.15, 0.2) is 0 Å². The fourth-order valence-electron chi connectivity index (χ4n) is 3.53. The average molecular weight is 462 g/mol. The molecule has 0 aliphatic rings. The molecule has 8 nitrogen and oxygen atoms in total. The van der Waals surface area contributed by atoms with Gasteiger partial charge in [0.2, 0.25) is 0 Å². The van der Waals surface area contributed by atoms with E-state index in [1.165, 1.54) is 0 Å². The molecule has 0 aliphatic carbocycles. The summed E-state index contributed by atoms with van der Waals surface area (Å²) in [5, 5.41) is 33.7. The zero-order chi connectivity index (χ0) is 24.9. The van der Waals surface area contributed by atoms with Gasteiger partial charge in [-0.25, -0.2) is 4.79 Å². The quantitative estimate of drug-likeness (QED) is 0.232. The van der Waals surface area contributed by atoms with Crippen LogP contribution in [0.25, 0.3) is 6.08 Å². The molecule has 0 saturated heterocycles. The molecule has 178 valence electrons. The van der Waals surface area contributed by atoms with E-state index in [1.54, 1.807) is 11.0 Å². The third-order valence-electron chi connectivity index (χ3n) is 5.32. The van der Waals surface area contributed by atoms with Gasteiger partial charge in [-0.3, -0.25) is 4.79 Å². The molecule has 0 fully saturated rings. The van der Waals surface area contributed by atoms with Crippen LogP contribution in [0.2, 0.25) is 6.32 Å². The summed E-state index contributed by atoms with van der Waals surface area (Å²) in [6, 6.07) is 17.6. The molecule has 0 saturated carbocycles. The lowest BCUT2D eigenvalue weighted by Gasteiger charge is -2.19. The Morgan fingerprint density at radius 2 is 1.82 bits per heavy atom. The van der Waals surface area contributed by atoms with Gasteiger partial charge in [-0.05, 0) is 43.0 Å². The van der Waals surface area contributed by atoms with Crippen molar-refractivity contribution in [3.8, 4) is 6.07 Å². The largest absolute Gasteiger partial charge is 0.453 e. The molecule has 9 heteroatoms. The van der Waals surface area contributed by atoms with E-state index in [-0.39, 0.29) is 17.8 Å². The van der Waals surface area contributed by atoms with Crippen LogP contribution < -0.4 is 10.6 Å². The summed E-state index contributed by atoms with van der Waals surface area (Å²) in [6.45, 7) is 5.16. The zero-order valence-corrected chi connectivity index (χ0v) is 19.6. The minimum Gasteiger partial charge on any atom is -0.427 e. The van der Waals surface area contributed by atoms with E-state index in [1.807, 2.05) is 74.5 Å². The topological polar surface area (TPSA) is 126 Å². The van der Waals surface area contributed by atoms with Crippen LogP contribution in [0.1, 0.15) is 36.6 Å². The van der Waals surface area contributed by atoms with Crippen LogP contribution in [0.15, 0.2) is 60.2 Å². The van der Waals surface area contributed by atoms with Gasteiger partial charge in [0.05, 0.1) is 6.04 Å². The van der Waals surface area contributed by atoms with E-state index < -0.39 is 19.2 Å². The number of nitriles is 1. The maximum absolute atomic E-state index is 12.5. The molecule has 3 amide bonds. The summed E-state index contributed by atoms with van der Waals surface area (Å²) >= 11 is 0. The number of hydrogen-bond donors (Lipinski definition) is 4. The molecule has 0 radical (unpaired) electrons. The monoisotopic (exact) mass is 462 g/mol. The second-order valence-electron chi connectivity index (χ2n) is 7.72. The third-order valence-corrected chi connectivity index (χ3v) is 5.32. The van der Waals surface area contributed by atoms with Crippen molar-refractivity contribution >= 4 is 25.1 Å². The minimum atomic E-state index is -1.55. The van der Waals surface area contributed by atoms with E-state index in [9.17, 15) is 24.9 Å². The lowest BCUT2D eigenvalue weighted by Crippen LogP contribution is -2.40. The number of benzene rings is 2. The van der Waals surface area contributed by atoms with E-state index in [0.29, 0.717) is 26.1 Å². The highest BCUT2D eigenvalue weighted by molar-refractivity contribution is 6.41. The van der Waals surface area contributed by atoms with Crippen molar-refractivity contribution in [2.75, 3.05) is 19.6 Å². The van der Waals surface area contributed by atoms with Crippen molar-refractivity contribution in [2.24, 2.45) is 0 Å². The van der Waals surface area contributed by atoms with Crippen LogP contribution in [0.5, 0.6) is 0 Å². The smallest absolute Gasteiger partial charge is 0.427 e. The molecule has 2 rings (SSSR count). The predicted molar refractivity (Wildman–Crippen MR) is 132 cm³/mol. The lowest BCUT2D eigenvalue weighted by atomic mass is 9.79. The number of carbonyl (C=O) groups excluding carboxylic acids is 2. The minimum absolute atomic E-state index is 0.0285. The first-order chi connectivity index (χ1) is 16.4. The number of nitrogens with one attached hydrogen (secondary N) is 2. The second-order valence-corrected chi connectivity index (χ2v) is 7.72. The molecule has 0 bridgehead atoms. The number of rotatable bonds is 11. The number of carbonyl (C=O) groups is 2. The van der Waals surface area contributed by atoms with Crippen LogP contribution in [0, 0.1) is 11.3 Å². The fraction of sp³-hybridized carbons (Fsp3) is 0.320. The van der Waals surface area contributed by atoms with Gasteiger partial charge >= 0.3 is 13.1 Å². The van der Waals surface area contributed by atoms with Crippen molar-refractivity contribution in [2.45, 2.75) is 32.6 Å². The maximum atomic E-state index is 12.5. The van der Waals surface area contributed by atoms with Gasteiger partial charge in [0, 0.05) is 26.0 Å². The highest BCUT2D eigenvalue weighted by Gasteiger charge is 2.20. The Labute approximate surface area is 201 Å². The Kier molecular flexibility index (Phi) is 10.8. The van der Waals surface area contributed by atoms with Crippen molar-refractivity contribution < 1.29 is 19.6 Å². The molecule has 0 spiro atoms.